The Morgan fingerprint density at radius 3 is 2.52 bits per heavy atom. The molecule has 1 fully saturated rings. The number of carbonyl (C=O) groups excluding carboxylic acids is 1. The molecule has 170 valence electrons. The SMILES string of the molecule is CCn1c(C2CCN(C(=O)Cn3cnc4ccccc43)CC2)nn(Cc2ccccc2)c1=O. The molecule has 0 N–H and O–H groups in total. The van der Waals surface area contributed by atoms with Crippen LogP contribution in [0.15, 0.2) is 65.7 Å². The highest BCUT2D eigenvalue weighted by atomic mass is 16.2. The minimum absolute atomic E-state index is 0.0677. The van der Waals surface area contributed by atoms with Crippen molar-refractivity contribution in [3.63, 3.8) is 0 Å². The fourth-order valence-electron chi connectivity index (χ4n) is 4.69. The topological polar surface area (TPSA) is 78.0 Å². The summed E-state index contributed by atoms with van der Waals surface area (Å²) in [5, 5.41) is 4.72. The summed E-state index contributed by atoms with van der Waals surface area (Å²) in [4.78, 5) is 32.1. The molecule has 1 aliphatic rings. The van der Waals surface area contributed by atoms with E-state index in [9.17, 15) is 9.59 Å². The summed E-state index contributed by atoms with van der Waals surface area (Å²) in [5.74, 6) is 1.11. The molecule has 0 bridgehead atoms. The average Bonchev–Trinajstić information content (AvgIpc) is 3.40. The molecule has 1 amide bonds. The number of rotatable bonds is 6. The van der Waals surface area contributed by atoms with Crippen molar-refractivity contribution < 1.29 is 4.79 Å². The van der Waals surface area contributed by atoms with Gasteiger partial charge in [0.1, 0.15) is 12.4 Å². The first kappa shape index (κ1) is 21.2. The molecular weight excluding hydrogens is 416 g/mol. The van der Waals surface area contributed by atoms with Crippen LogP contribution in [0.3, 0.4) is 0 Å². The lowest BCUT2D eigenvalue weighted by atomic mass is 9.96. The first-order valence-corrected chi connectivity index (χ1v) is 11.5. The van der Waals surface area contributed by atoms with Gasteiger partial charge >= 0.3 is 5.69 Å². The summed E-state index contributed by atoms with van der Waals surface area (Å²) < 4.78 is 5.25. The van der Waals surface area contributed by atoms with Gasteiger partial charge in [0.15, 0.2) is 0 Å². The minimum atomic E-state index is -0.0677. The van der Waals surface area contributed by atoms with Gasteiger partial charge in [-0.15, -0.1) is 0 Å². The van der Waals surface area contributed by atoms with Gasteiger partial charge in [-0.1, -0.05) is 42.5 Å². The number of amides is 1. The number of aromatic nitrogens is 5. The zero-order valence-corrected chi connectivity index (χ0v) is 18.8. The Labute approximate surface area is 192 Å². The molecule has 0 saturated carbocycles. The Balaban J connectivity index is 1.26. The van der Waals surface area contributed by atoms with Gasteiger partial charge in [-0.25, -0.2) is 14.5 Å². The molecular formula is C25H28N6O2. The average molecular weight is 445 g/mol. The molecule has 5 rings (SSSR count). The number of nitrogens with zero attached hydrogens (tertiary/aromatic N) is 6. The highest BCUT2D eigenvalue weighted by molar-refractivity contribution is 5.80. The van der Waals surface area contributed by atoms with Crippen LogP contribution in [0.5, 0.6) is 0 Å². The molecule has 8 heteroatoms. The van der Waals surface area contributed by atoms with Crippen molar-refractivity contribution >= 4 is 16.9 Å². The number of para-hydroxylation sites is 2. The van der Waals surface area contributed by atoms with E-state index < -0.39 is 0 Å². The molecule has 0 radical (unpaired) electrons. The molecule has 3 heterocycles. The number of imidazole rings is 1. The highest BCUT2D eigenvalue weighted by Gasteiger charge is 2.28. The number of likely N-dealkylation sites (tertiary alicyclic amines) is 1. The van der Waals surface area contributed by atoms with Crippen LogP contribution >= 0.6 is 0 Å². The van der Waals surface area contributed by atoms with E-state index in [1.54, 1.807) is 15.6 Å². The van der Waals surface area contributed by atoms with Crippen molar-refractivity contribution in [2.24, 2.45) is 0 Å². The quantitative estimate of drug-likeness (QED) is 0.458. The minimum Gasteiger partial charge on any atom is -0.341 e. The molecule has 1 aliphatic heterocycles. The Morgan fingerprint density at radius 1 is 1.03 bits per heavy atom. The number of benzene rings is 2. The molecule has 2 aromatic carbocycles. The van der Waals surface area contributed by atoms with E-state index in [1.165, 1.54) is 0 Å². The number of carbonyl (C=O) groups is 1. The summed E-state index contributed by atoms with van der Waals surface area (Å²) >= 11 is 0. The maximum Gasteiger partial charge on any atom is 0.346 e. The van der Waals surface area contributed by atoms with E-state index in [4.69, 9.17) is 5.10 Å². The van der Waals surface area contributed by atoms with Crippen molar-refractivity contribution in [1.29, 1.82) is 0 Å². The second-order valence-corrected chi connectivity index (χ2v) is 8.54. The Hall–Kier alpha value is -3.68. The lowest BCUT2D eigenvalue weighted by Gasteiger charge is -2.31. The molecule has 0 aliphatic carbocycles. The van der Waals surface area contributed by atoms with Crippen LogP contribution in [0.25, 0.3) is 11.0 Å². The van der Waals surface area contributed by atoms with Gasteiger partial charge < -0.3 is 9.47 Å². The van der Waals surface area contributed by atoms with Gasteiger partial charge in [0.2, 0.25) is 5.91 Å². The zero-order valence-electron chi connectivity index (χ0n) is 18.8. The van der Waals surface area contributed by atoms with Crippen molar-refractivity contribution in [2.75, 3.05) is 13.1 Å². The standard InChI is InChI=1S/C25H28N6O2/c1-2-30-24(27-31(25(30)33)16-19-8-4-3-5-9-19)20-12-14-28(15-13-20)23(32)17-29-18-26-21-10-6-7-11-22(21)29/h3-11,18,20H,2,12-17H2,1H3. The third-order valence-corrected chi connectivity index (χ3v) is 6.49. The molecule has 0 atom stereocenters. The zero-order chi connectivity index (χ0) is 22.8. The van der Waals surface area contributed by atoms with E-state index in [0.717, 1.165) is 35.3 Å². The van der Waals surface area contributed by atoms with Gasteiger partial charge in [-0.3, -0.25) is 9.36 Å². The van der Waals surface area contributed by atoms with E-state index in [-0.39, 0.29) is 24.1 Å². The summed E-state index contributed by atoms with van der Waals surface area (Å²) in [7, 11) is 0. The lowest BCUT2D eigenvalue weighted by molar-refractivity contribution is -0.132. The van der Waals surface area contributed by atoms with E-state index in [2.05, 4.69) is 4.98 Å². The molecule has 0 unspecified atom stereocenters. The van der Waals surface area contributed by atoms with Crippen LogP contribution in [-0.4, -0.2) is 47.8 Å². The molecule has 2 aromatic heterocycles. The number of hydrogen-bond donors (Lipinski definition) is 0. The van der Waals surface area contributed by atoms with Gasteiger partial charge in [0.25, 0.3) is 0 Å². The van der Waals surface area contributed by atoms with Crippen molar-refractivity contribution in [3.05, 3.63) is 82.8 Å². The molecule has 4 aromatic rings. The van der Waals surface area contributed by atoms with Crippen LogP contribution in [-0.2, 0) is 24.4 Å². The van der Waals surface area contributed by atoms with Crippen molar-refractivity contribution in [1.82, 2.24) is 28.8 Å². The van der Waals surface area contributed by atoms with E-state index >= 15 is 0 Å². The molecule has 1 saturated heterocycles. The van der Waals surface area contributed by atoms with E-state index in [0.29, 0.717) is 26.2 Å². The van der Waals surface area contributed by atoms with Crippen LogP contribution in [0.4, 0.5) is 0 Å². The van der Waals surface area contributed by atoms with E-state index in [1.807, 2.05) is 71.0 Å². The second kappa shape index (κ2) is 9.05. The smallest absolute Gasteiger partial charge is 0.341 e. The summed E-state index contributed by atoms with van der Waals surface area (Å²) in [5.41, 5.74) is 2.85. The Morgan fingerprint density at radius 2 is 1.76 bits per heavy atom. The number of piperidine rings is 1. The Kier molecular flexibility index (Phi) is 5.81. The summed E-state index contributed by atoms with van der Waals surface area (Å²) in [6.45, 7) is 4.66. The monoisotopic (exact) mass is 444 g/mol. The van der Waals surface area contributed by atoms with Gasteiger partial charge in [0.05, 0.1) is 23.9 Å². The maximum absolute atomic E-state index is 12.9. The van der Waals surface area contributed by atoms with Crippen LogP contribution < -0.4 is 5.69 Å². The molecule has 0 spiro atoms. The van der Waals surface area contributed by atoms with Gasteiger partial charge in [0, 0.05) is 25.6 Å². The van der Waals surface area contributed by atoms with Gasteiger partial charge in [-0.2, -0.15) is 5.10 Å². The number of hydrogen-bond acceptors (Lipinski definition) is 4. The summed E-state index contributed by atoms with van der Waals surface area (Å²) in [6, 6.07) is 17.8. The van der Waals surface area contributed by atoms with Crippen molar-refractivity contribution in [2.45, 2.75) is 45.3 Å². The second-order valence-electron chi connectivity index (χ2n) is 8.54. The predicted octanol–water partition coefficient (Wildman–Crippen LogP) is 2.87. The van der Waals surface area contributed by atoms with Gasteiger partial charge in [-0.05, 0) is 37.5 Å². The van der Waals surface area contributed by atoms with Crippen LogP contribution in [0.2, 0.25) is 0 Å². The normalized spacial score (nSPS) is 14.8. The van der Waals surface area contributed by atoms with Crippen LogP contribution in [0, 0.1) is 0 Å². The predicted molar refractivity (Wildman–Crippen MR) is 126 cm³/mol. The summed E-state index contributed by atoms with van der Waals surface area (Å²) in [6.07, 6.45) is 3.34. The molecule has 8 nitrogen and oxygen atoms in total. The highest BCUT2D eigenvalue weighted by Crippen LogP contribution is 2.26. The number of fused-ring (bicyclic) bond motifs is 1. The lowest BCUT2D eigenvalue weighted by Crippen LogP contribution is -2.40. The van der Waals surface area contributed by atoms with Crippen LogP contribution in [0.1, 0.15) is 37.1 Å². The third kappa shape index (κ3) is 4.20. The first-order valence-electron chi connectivity index (χ1n) is 11.5. The third-order valence-electron chi connectivity index (χ3n) is 6.49. The fraction of sp³-hybridized carbons (Fsp3) is 0.360. The maximum atomic E-state index is 12.9. The largest absolute Gasteiger partial charge is 0.346 e. The Bertz CT molecular complexity index is 1310. The first-order chi connectivity index (χ1) is 16.1. The fourth-order valence-corrected chi connectivity index (χ4v) is 4.69. The molecule has 33 heavy (non-hydrogen) atoms. The van der Waals surface area contributed by atoms with Crippen molar-refractivity contribution in [3.8, 4) is 0 Å².